The molecule has 6 nitrogen and oxygen atoms in total. The molecule has 0 fully saturated rings. The van der Waals surface area contributed by atoms with Crippen molar-refractivity contribution in [1.29, 1.82) is 0 Å². The average molecular weight is 305 g/mol. The number of ether oxygens (including phenoxy) is 1. The fraction of sp³-hybridized carbons (Fsp3) is 0.417. The van der Waals surface area contributed by atoms with Crippen LogP contribution < -0.4 is 4.74 Å². The van der Waals surface area contributed by atoms with Crippen LogP contribution in [0.25, 0.3) is 0 Å². The number of sulfonamides is 1. The molecule has 8 heteroatoms. The second-order valence-electron chi connectivity index (χ2n) is 4.15. The number of nitrogens with zero attached hydrogens (tertiary/aromatic N) is 1. The Morgan fingerprint density at radius 2 is 1.95 bits per heavy atom. The van der Waals surface area contributed by atoms with Crippen molar-refractivity contribution in [2.75, 3.05) is 20.2 Å². The molecule has 0 aromatic heterocycles. The van der Waals surface area contributed by atoms with E-state index in [-0.39, 0.29) is 13.2 Å². The largest absolute Gasteiger partial charge is 0.492 e. The maximum absolute atomic E-state index is 12.7. The van der Waals surface area contributed by atoms with Gasteiger partial charge in [-0.2, -0.15) is 0 Å². The number of carboxylic acids is 1. The van der Waals surface area contributed by atoms with E-state index in [9.17, 15) is 17.6 Å². The van der Waals surface area contributed by atoms with Crippen LogP contribution in [0.3, 0.4) is 0 Å². The van der Waals surface area contributed by atoms with Gasteiger partial charge >= 0.3 is 5.97 Å². The van der Waals surface area contributed by atoms with Crippen LogP contribution in [0.5, 0.6) is 5.75 Å². The first-order valence-electron chi connectivity index (χ1n) is 5.81. The Bertz CT molecular complexity index is 558. The first kappa shape index (κ1) is 16.4. The van der Waals surface area contributed by atoms with Gasteiger partial charge in [0.25, 0.3) is 0 Å². The highest BCUT2D eigenvalue weighted by Gasteiger charge is 2.31. The normalized spacial score (nSPS) is 13.2. The van der Waals surface area contributed by atoms with Gasteiger partial charge in [0.15, 0.2) is 5.25 Å². The molecule has 1 aromatic carbocycles. The maximum atomic E-state index is 12.7. The van der Waals surface area contributed by atoms with E-state index < -0.39 is 27.1 Å². The SMILES string of the molecule is CC(C(=O)O)S(=O)(=O)N(C)CCOc1ccc(F)cc1. The quantitative estimate of drug-likeness (QED) is 0.810. The summed E-state index contributed by atoms with van der Waals surface area (Å²) >= 11 is 0. The molecule has 0 spiro atoms. The maximum Gasteiger partial charge on any atom is 0.323 e. The Labute approximate surface area is 116 Å². The van der Waals surface area contributed by atoms with Gasteiger partial charge in [0.1, 0.15) is 18.2 Å². The van der Waals surface area contributed by atoms with Gasteiger partial charge in [-0.15, -0.1) is 0 Å². The molecule has 0 heterocycles. The van der Waals surface area contributed by atoms with E-state index in [0.717, 1.165) is 11.2 Å². The van der Waals surface area contributed by atoms with Crippen LogP contribution in [-0.2, 0) is 14.8 Å². The number of likely N-dealkylation sites (N-methyl/N-ethyl adjacent to an activating group) is 1. The van der Waals surface area contributed by atoms with Crippen molar-refractivity contribution in [2.45, 2.75) is 12.2 Å². The Balaban J connectivity index is 2.53. The Morgan fingerprint density at radius 3 is 2.45 bits per heavy atom. The number of rotatable bonds is 7. The highest BCUT2D eigenvalue weighted by atomic mass is 32.2. The van der Waals surface area contributed by atoms with E-state index in [1.54, 1.807) is 0 Å². The van der Waals surface area contributed by atoms with Crippen LogP contribution in [0.15, 0.2) is 24.3 Å². The summed E-state index contributed by atoms with van der Waals surface area (Å²) in [6, 6.07) is 5.29. The van der Waals surface area contributed by atoms with Gasteiger partial charge in [0, 0.05) is 13.6 Å². The smallest absolute Gasteiger partial charge is 0.323 e. The van der Waals surface area contributed by atoms with Crippen molar-refractivity contribution < 1.29 is 27.4 Å². The highest BCUT2D eigenvalue weighted by molar-refractivity contribution is 7.90. The molecule has 1 aromatic rings. The van der Waals surface area contributed by atoms with Crippen LogP contribution in [0.2, 0.25) is 0 Å². The molecule has 20 heavy (non-hydrogen) atoms. The van der Waals surface area contributed by atoms with E-state index >= 15 is 0 Å². The third-order valence-corrected chi connectivity index (χ3v) is 4.86. The first-order chi connectivity index (χ1) is 9.25. The highest BCUT2D eigenvalue weighted by Crippen LogP contribution is 2.12. The molecule has 1 unspecified atom stereocenters. The summed E-state index contributed by atoms with van der Waals surface area (Å²) in [5.41, 5.74) is 0. The lowest BCUT2D eigenvalue weighted by atomic mass is 10.3. The van der Waals surface area contributed by atoms with Gasteiger partial charge in [0.2, 0.25) is 10.0 Å². The van der Waals surface area contributed by atoms with Crippen LogP contribution in [-0.4, -0.2) is 49.2 Å². The summed E-state index contributed by atoms with van der Waals surface area (Å²) in [7, 11) is -2.63. The van der Waals surface area contributed by atoms with Gasteiger partial charge in [-0.05, 0) is 31.2 Å². The molecular weight excluding hydrogens is 289 g/mol. The van der Waals surface area contributed by atoms with Gasteiger partial charge < -0.3 is 9.84 Å². The van der Waals surface area contributed by atoms with Crippen LogP contribution in [0, 0.1) is 5.82 Å². The molecule has 0 radical (unpaired) electrons. The molecular formula is C12H16FNO5S. The van der Waals surface area contributed by atoms with E-state index in [1.807, 2.05) is 0 Å². The molecule has 0 bridgehead atoms. The van der Waals surface area contributed by atoms with Gasteiger partial charge in [0.05, 0.1) is 0 Å². The van der Waals surface area contributed by atoms with Gasteiger partial charge in [-0.3, -0.25) is 4.79 Å². The molecule has 0 saturated carbocycles. The molecule has 1 rings (SSSR count). The Morgan fingerprint density at radius 1 is 1.40 bits per heavy atom. The lowest BCUT2D eigenvalue weighted by molar-refractivity contribution is -0.136. The molecule has 112 valence electrons. The second kappa shape index (κ2) is 6.67. The summed E-state index contributed by atoms with van der Waals surface area (Å²) in [4.78, 5) is 10.7. The van der Waals surface area contributed by atoms with Crippen LogP contribution in [0.1, 0.15) is 6.92 Å². The minimum Gasteiger partial charge on any atom is -0.492 e. The monoisotopic (exact) mass is 305 g/mol. The molecule has 0 aliphatic heterocycles. The molecule has 0 amide bonds. The Hall–Kier alpha value is -1.67. The first-order valence-corrected chi connectivity index (χ1v) is 7.32. The summed E-state index contributed by atoms with van der Waals surface area (Å²) in [5, 5.41) is 7.21. The Kier molecular flexibility index (Phi) is 5.46. The van der Waals surface area contributed by atoms with Gasteiger partial charge in [-0.1, -0.05) is 0 Å². The third kappa shape index (κ3) is 4.17. The lowest BCUT2D eigenvalue weighted by Gasteiger charge is -2.19. The van der Waals surface area contributed by atoms with E-state index in [4.69, 9.17) is 9.84 Å². The number of carbonyl (C=O) groups is 1. The fourth-order valence-corrected chi connectivity index (χ4v) is 2.47. The molecule has 1 atom stereocenters. The minimum atomic E-state index is -3.91. The summed E-state index contributed by atoms with van der Waals surface area (Å²) in [6.45, 7) is 1.14. The predicted molar refractivity (Wildman–Crippen MR) is 70.5 cm³/mol. The summed E-state index contributed by atoms with van der Waals surface area (Å²) in [6.07, 6.45) is 0. The van der Waals surface area contributed by atoms with Crippen molar-refractivity contribution in [3.63, 3.8) is 0 Å². The van der Waals surface area contributed by atoms with Crippen molar-refractivity contribution in [2.24, 2.45) is 0 Å². The van der Waals surface area contributed by atoms with Crippen molar-refractivity contribution in [3.05, 3.63) is 30.1 Å². The fourth-order valence-electron chi connectivity index (χ4n) is 1.35. The van der Waals surface area contributed by atoms with E-state index in [1.165, 1.54) is 31.3 Å². The van der Waals surface area contributed by atoms with E-state index in [2.05, 4.69) is 0 Å². The van der Waals surface area contributed by atoms with Crippen LogP contribution in [0.4, 0.5) is 4.39 Å². The number of hydrogen-bond acceptors (Lipinski definition) is 4. The number of benzene rings is 1. The summed E-state index contributed by atoms with van der Waals surface area (Å²) < 4.78 is 42.4. The minimum absolute atomic E-state index is 0.00265. The van der Waals surface area contributed by atoms with Crippen molar-refractivity contribution in [3.8, 4) is 5.75 Å². The zero-order valence-corrected chi connectivity index (χ0v) is 11.9. The standard InChI is InChI=1S/C12H16FNO5S/c1-9(12(15)16)20(17,18)14(2)7-8-19-11-5-3-10(13)4-6-11/h3-6,9H,7-8H2,1-2H3,(H,15,16). The van der Waals surface area contributed by atoms with Crippen molar-refractivity contribution >= 4 is 16.0 Å². The summed E-state index contributed by atoms with van der Waals surface area (Å²) in [5.74, 6) is -1.40. The van der Waals surface area contributed by atoms with Crippen molar-refractivity contribution in [1.82, 2.24) is 4.31 Å². The molecule has 0 aliphatic rings. The lowest BCUT2D eigenvalue weighted by Crippen LogP contribution is -2.40. The average Bonchev–Trinajstić information content (AvgIpc) is 2.39. The van der Waals surface area contributed by atoms with Gasteiger partial charge in [-0.25, -0.2) is 17.1 Å². The van der Waals surface area contributed by atoms with Crippen LogP contribution >= 0.6 is 0 Å². The molecule has 0 aliphatic carbocycles. The number of hydrogen-bond donors (Lipinski definition) is 1. The second-order valence-corrected chi connectivity index (χ2v) is 6.51. The molecule has 0 saturated heterocycles. The zero-order valence-electron chi connectivity index (χ0n) is 11.1. The topological polar surface area (TPSA) is 83.9 Å². The molecule has 1 N–H and O–H groups in total. The number of halogens is 1. The predicted octanol–water partition coefficient (Wildman–Crippen LogP) is 0.939. The third-order valence-electron chi connectivity index (χ3n) is 2.72. The van der Waals surface area contributed by atoms with E-state index in [0.29, 0.717) is 5.75 Å². The number of carboxylic acid groups (broad SMARTS) is 1. The zero-order chi connectivity index (χ0) is 15.3. The number of aliphatic carboxylic acids is 1.